The van der Waals surface area contributed by atoms with Gasteiger partial charge < -0.3 is 9.32 Å². The zero-order chi connectivity index (χ0) is 36.3. The third kappa shape index (κ3) is 5.39. The van der Waals surface area contributed by atoms with Crippen molar-refractivity contribution in [3.8, 4) is 44.5 Å². The Morgan fingerprint density at radius 2 is 1.07 bits per heavy atom. The van der Waals surface area contributed by atoms with Crippen molar-refractivity contribution < 1.29 is 4.42 Å². The van der Waals surface area contributed by atoms with Gasteiger partial charge in [0.2, 0.25) is 0 Å². The molecule has 8 aromatic carbocycles. The second kappa shape index (κ2) is 13.0. The summed E-state index contributed by atoms with van der Waals surface area (Å²) >= 11 is 1.86. The Morgan fingerprint density at radius 3 is 1.89 bits per heavy atom. The lowest BCUT2D eigenvalue weighted by Crippen LogP contribution is -2.12. The molecule has 1 aliphatic rings. The molecule has 0 unspecified atom stereocenters. The van der Waals surface area contributed by atoms with Crippen molar-refractivity contribution >= 4 is 59.5 Å². The molecular formula is C52H35NOS. The Kier molecular flexibility index (Phi) is 7.53. The van der Waals surface area contributed by atoms with Gasteiger partial charge in [-0.2, -0.15) is 0 Å². The Hall–Kier alpha value is -6.68. The Balaban J connectivity index is 1.12. The zero-order valence-corrected chi connectivity index (χ0v) is 30.9. The molecule has 0 bridgehead atoms. The minimum Gasteiger partial charge on any atom is -0.460 e. The van der Waals surface area contributed by atoms with Crippen LogP contribution in [0.3, 0.4) is 0 Å². The van der Waals surface area contributed by atoms with E-state index in [1.54, 1.807) is 0 Å². The number of para-hydroxylation sites is 1. The van der Waals surface area contributed by atoms with E-state index in [0.29, 0.717) is 0 Å². The zero-order valence-electron chi connectivity index (χ0n) is 30.1. The molecule has 0 fully saturated rings. The number of fused-ring (bicyclic) bond motifs is 8. The van der Waals surface area contributed by atoms with E-state index < -0.39 is 0 Å². The van der Waals surface area contributed by atoms with Crippen LogP contribution in [0.1, 0.15) is 11.3 Å². The van der Waals surface area contributed by atoms with Crippen LogP contribution in [0.4, 0.5) is 17.1 Å². The van der Waals surface area contributed by atoms with Gasteiger partial charge in [-0.3, -0.25) is 0 Å². The van der Waals surface area contributed by atoms with Crippen molar-refractivity contribution in [3.63, 3.8) is 0 Å². The van der Waals surface area contributed by atoms with Crippen molar-refractivity contribution in [3.05, 3.63) is 199 Å². The first-order chi connectivity index (χ1) is 27.3. The largest absolute Gasteiger partial charge is 0.460 e. The van der Waals surface area contributed by atoms with Gasteiger partial charge in [-0.25, -0.2) is 0 Å². The van der Waals surface area contributed by atoms with Crippen molar-refractivity contribution in [1.29, 1.82) is 0 Å². The summed E-state index contributed by atoms with van der Waals surface area (Å²) in [5, 5.41) is 3.75. The molecule has 2 heterocycles. The van der Waals surface area contributed by atoms with E-state index in [2.05, 4.69) is 193 Å². The molecule has 0 N–H and O–H groups in total. The molecule has 3 heteroatoms. The summed E-state index contributed by atoms with van der Waals surface area (Å²) in [7, 11) is 0. The normalized spacial score (nSPS) is 12.2. The molecule has 11 rings (SSSR count). The monoisotopic (exact) mass is 721 g/mol. The standard InChI is InChI=1S/C52H35NOS/c1-3-12-34(13-4-1)35-24-28-40(29-25-35)53(46-18-11-21-50-52(46)42-17-8-10-20-49(42)55-50)45-30-26-39(32-43(45)36-14-5-2-6-15-36)38-23-22-37-27-31-48-51(44(37)33-38)41-16-7-9-19-47(41)54-48/h1-26,28-30,32-33H,27,31H2. The van der Waals surface area contributed by atoms with Crippen LogP contribution in [0.25, 0.3) is 75.6 Å². The lowest BCUT2D eigenvalue weighted by atomic mass is 9.86. The molecule has 0 radical (unpaired) electrons. The Morgan fingerprint density at radius 1 is 0.436 bits per heavy atom. The molecule has 0 saturated heterocycles. The van der Waals surface area contributed by atoms with Gasteiger partial charge in [0.15, 0.2) is 0 Å². The first kappa shape index (κ1) is 31.8. The van der Waals surface area contributed by atoms with Crippen LogP contribution >= 0.6 is 11.3 Å². The minimum atomic E-state index is 0.928. The number of nitrogens with zero attached hydrogens (tertiary/aromatic N) is 1. The first-order valence-electron chi connectivity index (χ1n) is 19.0. The van der Waals surface area contributed by atoms with Gasteiger partial charge in [0, 0.05) is 48.8 Å². The molecule has 0 amide bonds. The summed E-state index contributed by atoms with van der Waals surface area (Å²) in [6.07, 6.45) is 1.91. The molecule has 260 valence electrons. The van der Waals surface area contributed by atoms with Crippen molar-refractivity contribution in [2.24, 2.45) is 0 Å². The average Bonchev–Trinajstić information content (AvgIpc) is 3.84. The van der Waals surface area contributed by atoms with E-state index in [9.17, 15) is 0 Å². The average molecular weight is 722 g/mol. The van der Waals surface area contributed by atoms with Crippen molar-refractivity contribution in [2.45, 2.75) is 12.8 Å². The fraction of sp³-hybridized carbons (Fsp3) is 0.0385. The number of hydrogen-bond donors (Lipinski definition) is 0. The van der Waals surface area contributed by atoms with Crippen LogP contribution in [0.15, 0.2) is 192 Å². The van der Waals surface area contributed by atoms with E-state index in [0.717, 1.165) is 35.6 Å². The Labute approximate surface area is 324 Å². The number of hydrogen-bond acceptors (Lipinski definition) is 3. The summed E-state index contributed by atoms with van der Waals surface area (Å²) in [6, 6.07) is 68.5. The smallest absolute Gasteiger partial charge is 0.134 e. The predicted octanol–water partition coefficient (Wildman–Crippen LogP) is 15.0. The molecular weight excluding hydrogens is 687 g/mol. The maximum absolute atomic E-state index is 6.38. The molecule has 1 aliphatic carbocycles. The molecule has 0 spiro atoms. The minimum absolute atomic E-state index is 0.928. The van der Waals surface area contributed by atoms with Gasteiger partial charge in [0.05, 0.1) is 11.4 Å². The maximum atomic E-state index is 6.38. The van der Waals surface area contributed by atoms with E-state index in [-0.39, 0.29) is 0 Å². The topological polar surface area (TPSA) is 16.4 Å². The van der Waals surface area contributed by atoms with Crippen molar-refractivity contribution in [1.82, 2.24) is 0 Å². The molecule has 0 atom stereocenters. The van der Waals surface area contributed by atoms with E-state index >= 15 is 0 Å². The molecule has 55 heavy (non-hydrogen) atoms. The Bertz CT molecular complexity index is 3030. The first-order valence-corrected chi connectivity index (χ1v) is 19.8. The second-order valence-electron chi connectivity index (χ2n) is 14.4. The van der Waals surface area contributed by atoms with Crippen LogP contribution in [0.5, 0.6) is 0 Å². The van der Waals surface area contributed by atoms with Gasteiger partial charge in [0.1, 0.15) is 11.3 Å². The summed E-state index contributed by atoms with van der Waals surface area (Å²) < 4.78 is 8.95. The van der Waals surface area contributed by atoms with E-state index in [1.165, 1.54) is 81.3 Å². The maximum Gasteiger partial charge on any atom is 0.134 e. The van der Waals surface area contributed by atoms with Gasteiger partial charge in [-0.15, -0.1) is 11.3 Å². The predicted molar refractivity (Wildman–Crippen MR) is 233 cm³/mol. The summed E-state index contributed by atoms with van der Waals surface area (Å²) in [5.41, 5.74) is 15.4. The van der Waals surface area contributed by atoms with Crippen LogP contribution in [-0.4, -0.2) is 0 Å². The van der Waals surface area contributed by atoms with Crippen LogP contribution in [0.2, 0.25) is 0 Å². The van der Waals surface area contributed by atoms with Crippen LogP contribution in [-0.2, 0) is 12.8 Å². The number of aryl methyl sites for hydroxylation is 2. The third-order valence-corrected chi connectivity index (χ3v) is 12.3. The number of benzene rings is 8. The summed E-state index contributed by atoms with van der Waals surface area (Å²) in [5.74, 6) is 1.09. The number of furan rings is 1. The fourth-order valence-electron chi connectivity index (χ4n) is 8.57. The lowest BCUT2D eigenvalue weighted by Gasteiger charge is -2.29. The quantitative estimate of drug-likeness (QED) is 0.170. The molecule has 2 aromatic heterocycles. The van der Waals surface area contributed by atoms with Crippen LogP contribution in [0, 0.1) is 0 Å². The molecule has 10 aromatic rings. The van der Waals surface area contributed by atoms with Gasteiger partial charge in [0.25, 0.3) is 0 Å². The highest BCUT2D eigenvalue weighted by Gasteiger charge is 2.25. The van der Waals surface area contributed by atoms with Gasteiger partial charge >= 0.3 is 0 Å². The molecule has 0 aliphatic heterocycles. The van der Waals surface area contributed by atoms with E-state index in [1.807, 2.05) is 11.3 Å². The molecule has 0 saturated carbocycles. The fourth-order valence-corrected chi connectivity index (χ4v) is 9.69. The SMILES string of the molecule is c1ccc(-c2ccc(N(c3ccc(-c4ccc5c(c4)-c4c(oc6ccccc46)CC5)cc3-c3ccccc3)c3cccc4sc5ccccc5c34)cc2)cc1. The number of anilines is 3. The third-order valence-electron chi connectivity index (χ3n) is 11.2. The number of thiophene rings is 1. The van der Waals surface area contributed by atoms with E-state index in [4.69, 9.17) is 4.42 Å². The molecule has 2 nitrogen and oxygen atoms in total. The second-order valence-corrected chi connectivity index (χ2v) is 15.4. The highest BCUT2D eigenvalue weighted by molar-refractivity contribution is 7.26. The number of rotatable bonds is 6. The summed E-state index contributed by atoms with van der Waals surface area (Å²) in [4.78, 5) is 2.47. The summed E-state index contributed by atoms with van der Waals surface area (Å²) in [6.45, 7) is 0. The lowest BCUT2D eigenvalue weighted by molar-refractivity contribution is 0.546. The van der Waals surface area contributed by atoms with Crippen LogP contribution < -0.4 is 4.90 Å². The highest BCUT2D eigenvalue weighted by atomic mass is 32.1. The highest BCUT2D eigenvalue weighted by Crippen LogP contribution is 2.49. The van der Waals surface area contributed by atoms with Gasteiger partial charge in [-0.05, 0) is 100.0 Å². The van der Waals surface area contributed by atoms with Crippen molar-refractivity contribution in [2.75, 3.05) is 4.90 Å². The van der Waals surface area contributed by atoms with Gasteiger partial charge in [-0.1, -0.05) is 133 Å².